The van der Waals surface area contributed by atoms with Crippen LogP contribution < -0.4 is 11.0 Å². The van der Waals surface area contributed by atoms with E-state index < -0.39 is 4.92 Å². The molecule has 0 aliphatic heterocycles. The quantitative estimate of drug-likeness (QED) is 0.355. The number of carbonyl (C=O) groups is 1. The number of nitrogens with one attached hydrogen (secondary N) is 2. The van der Waals surface area contributed by atoms with E-state index in [1.807, 2.05) is 13.0 Å². The highest BCUT2D eigenvalue weighted by molar-refractivity contribution is 6.01. The number of carbonyl (C=O) groups excluding carboxylic acids is 1. The fourth-order valence-electron chi connectivity index (χ4n) is 3.04. The summed E-state index contributed by atoms with van der Waals surface area (Å²) < 4.78 is 1.32. The first kappa shape index (κ1) is 20.7. The van der Waals surface area contributed by atoms with Crippen molar-refractivity contribution in [3.8, 4) is 5.69 Å². The Morgan fingerprint density at radius 1 is 1.17 bits per heavy atom. The number of aromatic nitrogens is 2. The van der Waals surface area contributed by atoms with Crippen LogP contribution in [-0.4, -0.2) is 26.3 Å². The number of benzene rings is 2. The number of amides is 1. The largest absolute Gasteiger partial charge is 0.294 e. The number of H-pyrrole nitrogens is 1. The first-order chi connectivity index (χ1) is 14.4. The minimum atomic E-state index is -0.499. The lowest BCUT2D eigenvalue weighted by atomic mass is 10.1. The minimum absolute atomic E-state index is 0.0614. The third kappa shape index (κ3) is 4.35. The van der Waals surface area contributed by atoms with Crippen LogP contribution in [0.1, 0.15) is 41.9 Å². The zero-order valence-corrected chi connectivity index (χ0v) is 16.6. The molecule has 0 saturated carbocycles. The maximum absolute atomic E-state index is 13.0. The van der Waals surface area contributed by atoms with Gasteiger partial charge < -0.3 is 0 Å². The number of aryl methyl sites for hydroxylation is 1. The summed E-state index contributed by atoms with van der Waals surface area (Å²) in [5.41, 5.74) is 4.40. The number of hydrogen-bond acceptors (Lipinski definition) is 5. The number of nitrogens with zero attached hydrogens (tertiary/aromatic N) is 3. The summed E-state index contributed by atoms with van der Waals surface area (Å²) in [5.74, 6) is -0.377. The van der Waals surface area contributed by atoms with Crippen LogP contribution in [-0.2, 0) is 6.42 Å². The van der Waals surface area contributed by atoms with Gasteiger partial charge in [0.2, 0.25) is 0 Å². The summed E-state index contributed by atoms with van der Waals surface area (Å²) in [6.45, 7) is 3.63. The summed E-state index contributed by atoms with van der Waals surface area (Å²) >= 11 is 0. The Hall–Kier alpha value is -4.01. The van der Waals surface area contributed by atoms with Gasteiger partial charge in [-0.2, -0.15) is 5.10 Å². The highest BCUT2D eigenvalue weighted by Gasteiger charge is 2.18. The van der Waals surface area contributed by atoms with E-state index in [4.69, 9.17) is 0 Å². The molecule has 0 fully saturated rings. The van der Waals surface area contributed by atoms with Gasteiger partial charge in [0.25, 0.3) is 17.2 Å². The van der Waals surface area contributed by atoms with E-state index >= 15 is 0 Å². The summed E-state index contributed by atoms with van der Waals surface area (Å²) in [4.78, 5) is 35.6. The third-order valence-electron chi connectivity index (χ3n) is 4.51. The van der Waals surface area contributed by atoms with Crippen LogP contribution >= 0.6 is 0 Å². The van der Waals surface area contributed by atoms with Gasteiger partial charge in [0.1, 0.15) is 0 Å². The van der Waals surface area contributed by atoms with E-state index in [0.29, 0.717) is 34.6 Å². The van der Waals surface area contributed by atoms with Gasteiger partial charge in [0, 0.05) is 23.4 Å². The fourth-order valence-corrected chi connectivity index (χ4v) is 3.04. The molecule has 0 aliphatic rings. The lowest BCUT2D eigenvalue weighted by molar-refractivity contribution is -0.384. The molecular weight excluding hydrogens is 386 g/mol. The predicted octanol–water partition coefficient (Wildman–Crippen LogP) is 3.18. The van der Waals surface area contributed by atoms with Crippen molar-refractivity contribution in [3.63, 3.8) is 0 Å². The van der Waals surface area contributed by atoms with E-state index in [1.54, 1.807) is 31.2 Å². The Balaban J connectivity index is 1.94. The molecule has 3 aromatic rings. The van der Waals surface area contributed by atoms with E-state index in [2.05, 4.69) is 15.6 Å². The molecule has 9 nitrogen and oxygen atoms in total. The molecule has 2 aromatic carbocycles. The second-order valence-electron chi connectivity index (χ2n) is 6.63. The van der Waals surface area contributed by atoms with E-state index in [9.17, 15) is 19.7 Å². The van der Waals surface area contributed by atoms with Crippen LogP contribution in [0.5, 0.6) is 0 Å². The van der Waals surface area contributed by atoms with E-state index in [0.717, 1.165) is 6.42 Å². The zero-order valence-electron chi connectivity index (χ0n) is 16.6. The first-order valence-electron chi connectivity index (χ1n) is 9.41. The van der Waals surface area contributed by atoms with Gasteiger partial charge in [-0.1, -0.05) is 31.5 Å². The van der Waals surface area contributed by atoms with Gasteiger partial charge in [-0.15, -0.1) is 0 Å². The Morgan fingerprint density at radius 3 is 2.43 bits per heavy atom. The number of hydrazone groups is 1. The van der Waals surface area contributed by atoms with Crippen LogP contribution in [0.2, 0.25) is 0 Å². The fraction of sp³-hybridized carbons (Fsp3) is 0.190. The van der Waals surface area contributed by atoms with Crippen LogP contribution in [0, 0.1) is 10.1 Å². The number of aromatic amines is 1. The molecule has 0 bridgehead atoms. The number of nitro benzene ring substituents is 1. The zero-order chi connectivity index (χ0) is 21.7. The number of non-ortho nitro benzene ring substituents is 1. The SMILES string of the molecule is CCCc1[nH]n(-c2ccc([N+](=O)[O-])cc2)c(=O)c1C(C)=NNC(=O)c1ccccc1. The molecule has 1 heterocycles. The normalized spacial score (nSPS) is 11.3. The van der Waals surface area contributed by atoms with Crippen LogP contribution in [0.4, 0.5) is 5.69 Å². The maximum Gasteiger partial charge on any atom is 0.280 e. The van der Waals surface area contributed by atoms with Crippen molar-refractivity contribution in [3.05, 3.63) is 91.9 Å². The Bertz CT molecular complexity index is 1140. The molecule has 2 N–H and O–H groups in total. The van der Waals surface area contributed by atoms with Gasteiger partial charge >= 0.3 is 0 Å². The molecule has 0 spiro atoms. The topological polar surface area (TPSA) is 122 Å². The van der Waals surface area contributed by atoms with Gasteiger partial charge in [0.05, 0.1) is 21.9 Å². The first-order valence-corrected chi connectivity index (χ1v) is 9.41. The smallest absolute Gasteiger partial charge is 0.280 e. The molecule has 3 rings (SSSR count). The molecule has 0 aliphatic carbocycles. The van der Waals surface area contributed by atoms with E-state index in [1.165, 1.54) is 28.9 Å². The Kier molecular flexibility index (Phi) is 6.21. The van der Waals surface area contributed by atoms with Crippen molar-refractivity contribution in [1.82, 2.24) is 15.2 Å². The second kappa shape index (κ2) is 8.99. The van der Waals surface area contributed by atoms with E-state index in [-0.39, 0.29) is 17.2 Å². The van der Waals surface area contributed by atoms with Crippen molar-refractivity contribution in [1.29, 1.82) is 0 Å². The van der Waals surface area contributed by atoms with Crippen molar-refractivity contribution in [2.45, 2.75) is 26.7 Å². The van der Waals surface area contributed by atoms with Crippen LogP contribution in [0.25, 0.3) is 5.69 Å². The minimum Gasteiger partial charge on any atom is -0.294 e. The molecule has 0 radical (unpaired) electrons. The van der Waals surface area contributed by atoms with Crippen LogP contribution in [0.15, 0.2) is 64.5 Å². The van der Waals surface area contributed by atoms with Crippen molar-refractivity contribution in [2.24, 2.45) is 5.10 Å². The molecule has 0 atom stereocenters. The van der Waals surface area contributed by atoms with Gasteiger partial charge in [-0.05, 0) is 37.6 Å². The number of nitro groups is 1. The summed E-state index contributed by atoms with van der Waals surface area (Å²) in [5, 5.41) is 18.0. The second-order valence-corrected chi connectivity index (χ2v) is 6.63. The molecular formula is C21H21N5O4. The summed E-state index contributed by atoms with van der Waals surface area (Å²) in [6.07, 6.45) is 1.39. The predicted molar refractivity (Wildman–Crippen MR) is 113 cm³/mol. The van der Waals surface area contributed by atoms with Crippen LogP contribution in [0.3, 0.4) is 0 Å². The third-order valence-corrected chi connectivity index (χ3v) is 4.51. The average molecular weight is 407 g/mol. The highest BCUT2D eigenvalue weighted by atomic mass is 16.6. The van der Waals surface area contributed by atoms with Gasteiger partial charge in [0.15, 0.2) is 0 Å². The molecule has 9 heteroatoms. The highest BCUT2D eigenvalue weighted by Crippen LogP contribution is 2.15. The average Bonchev–Trinajstić information content (AvgIpc) is 3.08. The molecule has 0 saturated heterocycles. The molecule has 30 heavy (non-hydrogen) atoms. The summed E-state index contributed by atoms with van der Waals surface area (Å²) in [6, 6.07) is 14.3. The monoisotopic (exact) mass is 407 g/mol. The van der Waals surface area contributed by atoms with Gasteiger partial charge in [-0.3, -0.25) is 24.8 Å². The Morgan fingerprint density at radius 2 is 1.83 bits per heavy atom. The Labute approximate surface area is 172 Å². The molecule has 0 unspecified atom stereocenters. The molecule has 1 amide bonds. The van der Waals surface area contributed by atoms with Crippen molar-refractivity contribution >= 4 is 17.3 Å². The standard InChI is InChI=1S/C21H21N5O4/c1-3-7-18-19(14(2)22-23-20(27)15-8-5-4-6-9-15)21(28)25(24-18)16-10-12-17(13-11-16)26(29)30/h4-6,8-13,24H,3,7H2,1-2H3,(H,23,27). The number of rotatable bonds is 7. The lowest BCUT2D eigenvalue weighted by Gasteiger charge is -2.02. The van der Waals surface area contributed by atoms with Crippen molar-refractivity contribution in [2.75, 3.05) is 0 Å². The molecule has 154 valence electrons. The number of hydrogen-bond donors (Lipinski definition) is 2. The van der Waals surface area contributed by atoms with Gasteiger partial charge in [-0.25, -0.2) is 10.1 Å². The lowest BCUT2D eigenvalue weighted by Crippen LogP contribution is -2.23. The maximum atomic E-state index is 13.0. The molecule has 1 aromatic heterocycles. The summed E-state index contributed by atoms with van der Waals surface area (Å²) in [7, 11) is 0. The van der Waals surface area contributed by atoms with Crippen molar-refractivity contribution < 1.29 is 9.72 Å².